The van der Waals surface area contributed by atoms with Crippen LogP contribution in [0.2, 0.25) is 0 Å². The van der Waals surface area contributed by atoms with Gasteiger partial charge in [0.2, 0.25) is 5.56 Å². The molecule has 1 aliphatic rings. The molecule has 1 aromatic rings. The molecule has 0 aliphatic heterocycles. The summed E-state index contributed by atoms with van der Waals surface area (Å²) in [6.45, 7) is 2.06. The number of carboxylic acid groups (broad SMARTS) is 1. The van der Waals surface area contributed by atoms with Gasteiger partial charge in [0.05, 0.1) is 5.56 Å². The third-order valence-corrected chi connectivity index (χ3v) is 3.29. The fourth-order valence-electron chi connectivity index (χ4n) is 2.49. The van der Waals surface area contributed by atoms with Crippen LogP contribution in [0.1, 0.15) is 53.7 Å². The van der Waals surface area contributed by atoms with Crippen LogP contribution in [0.15, 0.2) is 10.9 Å². The molecule has 1 heterocycles. The zero-order valence-corrected chi connectivity index (χ0v) is 9.25. The Morgan fingerprint density at radius 3 is 3.00 bits per heavy atom. The van der Waals surface area contributed by atoms with Gasteiger partial charge in [0, 0.05) is 11.8 Å². The molecule has 2 N–H and O–H groups in total. The van der Waals surface area contributed by atoms with Gasteiger partial charge in [-0.2, -0.15) is 0 Å². The Labute approximate surface area is 93.3 Å². The minimum atomic E-state index is -1.00. The van der Waals surface area contributed by atoms with Crippen molar-refractivity contribution in [2.75, 3.05) is 0 Å². The summed E-state index contributed by atoms with van der Waals surface area (Å²) in [5.41, 5.74) is 1.54. The number of nitrogens with one attached hydrogen (secondary N) is 1. The molecule has 0 aromatic carbocycles. The number of fused-ring (bicyclic) bond motifs is 1. The Bertz CT molecular complexity index is 476. The summed E-state index contributed by atoms with van der Waals surface area (Å²) in [5, 5.41) is 9.07. The first-order valence-corrected chi connectivity index (χ1v) is 5.63. The minimum Gasteiger partial charge on any atom is -0.478 e. The molecule has 0 amide bonds. The Balaban J connectivity index is 2.63. The first-order chi connectivity index (χ1) is 7.63. The average molecular weight is 221 g/mol. The maximum absolute atomic E-state index is 11.4. The lowest BCUT2D eigenvalue weighted by Gasteiger charge is -2.24. The van der Waals surface area contributed by atoms with Crippen molar-refractivity contribution in [2.45, 2.75) is 38.5 Å². The van der Waals surface area contributed by atoms with Crippen LogP contribution in [0.4, 0.5) is 0 Å². The number of H-pyrrole nitrogens is 1. The van der Waals surface area contributed by atoms with Crippen molar-refractivity contribution in [2.24, 2.45) is 0 Å². The lowest BCUT2D eigenvalue weighted by Crippen LogP contribution is -2.22. The molecule has 1 unspecified atom stereocenters. The molecule has 1 atom stereocenters. The van der Waals surface area contributed by atoms with E-state index in [2.05, 4.69) is 11.9 Å². The van der Waals surface area contributed by atoms with E-state index in [1.165, 1.54) is 6.07 Å². The largest absolute Gasteiger partial charge is 0.478 e. The molecule has 0 bridgehead atoms. The first-order valence-electron chi connectivity index (χ1n) is 5.63. The molecule has 0 radical (unpaired) electrons. The second-order valence-electron chi connectivity index (χ2n) is 4.24. The molecule has 4 heteroatoms. The van der Waals surface area contributed by atoms with Gasteiger partial charge in [-0.05, 0) is 37.2 Å². The van der Waals surface area contributed by atoms with Crippen molar-refractivity contribution in [1.82, 2.24) is 4.98 Å². The van der Waals surface area contributed by atoms with Crippen LogP contribution in [-0.4, -0.2) is 16.1 Å². The van der Waals surface area contributed by atoms with Gasteiger partial charge < -0.3 is 10.1 Å². The van der Waals surface area contributed by atoms with E-state index in [1.807, 2.05) is 0 Å². The van der Waals surface area contributed by atoms with Gasteiger partial charge in [0.25, 0.3) is 0 Å². The van der Waals surface area contributed by atoms with E-state index >= 15 is 0 Å². The lowest BCUT2D eigenvalue weighted by atomic mass is 9.83. The number of hydrogen-bond acceptors (Lipinski definition) is 2. The van der Waals surface area contributed by atoms with Gasteiger partial charge in [-0.3, -0.25) is 4.79 Å². The number of aromatic nitrogens is 1. The zero-order chi connectivity index (χ0) is 11.7. The number of hydrogen-bond donors (Lipinski definition) is 2. The van der Waals surface area contributed by atoms with E-state index in [0.29, 0.717) is 5.92 Å². The highest BCUT2D eigenvalue weighted by Gasteiger charge is 2.24. The van der Waals surface area contributed by atoms with Gasteiger partial charge in [-0.15, -0.1) is 0 Å². The van der Waals surface area contributed by atoms with E-state index in [0.717, 1.165) is 36.9 Å². The van der Waals surface area contributed by atoms with Crippen molar-refractivity contribution < 1.29 is 9.90 Å². The van der Waals surface area contributed by atoms with Crippen LogP contribution in [0.5, 0.6) is 0 Å². The smallest absolute Gasteiger partial charge is 0.336 e. The number of carbonyl (C=O) groups is 1. The molecule has 4 nitrogen and oxygen atoms in total. The van der Waals surface area contributed by atoms with E-state index in [-0.39, 0.29) is 11.1 Å². The summed E-state index contributed by atoms with van der Waals surface area (Å²) in [6, 6.07) is 1.19. The van der Waals surface area contributed by atoms with Crippen molar-refractivity contribution in [3.05, 3.63) is 33.2 Å². The maximum Gasteiger partial charge on any atom is 0.336 e. The highest BCUT2D eigenvalue weighted by Crippen LogP contribution is 2.33. The first kappa shape index (κ1) is 10.9. The maximum atomic E-state index is 11.4. The van der Waals surface area contributed by atoms with Gasteiger partial charge in [0.15, 0.2) is 0 Å². The lowest BCUT2D eigenvalue weighted by molar-refractivity contribution is 0.0695. The normalized spacial score (nSPS) is 19.2. The summed E-state index contributed by atoms with van der Waals surface area (Å²) in [5.74, 6) is -0.699. The monoisotopic (exact) mass is 221 g/mol. The Morgan fingerprint density at radius 1 is 1.62 bits per heavy atom. The summed E-state index contributed by atoms with van der Waals surface area (Å²) < 4.78 is 0. The van der Waals surface area contributed by atoms with Crippen LogP contribution < -0.4 is 5.56 Å². The van der Waals surface area contributed by atoms with Crippen molar-refractivity contribution in [1.29, 1.82) is 0 Å². The molecular weight excluding hydrogens is 206 g/mol. The molecule has 0 saturated carbocycles. The number of carboxylic acids is 1. The van der Waals surface area contributed by atoms with Crippen molar-refractivity contribution >= 4 is 5.97 Å². The van der Waals surface area contributed by atoms with E-state index in [9.17, 15) is 9.59 Å². The van der Waals surface area contributed by atoms with Crippen molar-refractivity contribution in [3.8, 4) is 0 Å². The summed E-state index contributed by atoms with van der Waals surface area (Å²) in [4.78, 5) is 25.3. The molecular formula is C12H15NO3. The van der Waals surface area contributed by atoms with Crippen LogP contribution in [0.3, 0.4) is 0 Å². The van der Waals surface area contributed by atoms with E-state index in [4.69, 9.17) is 5.11 Å². The molecule has 2 rings (SSSR count). The predicted molar refractivity (Wildman–Crippen MR) is 60.0 cm³/mol. The second-order valence-corrected chi connectivity index (χ2v) is 4.24. The minimum absolute atomic E-state index is 0.178. The molecule has 0 spiro atoms. The quantitative estimate of drug-likeness (QED) is 0.801. The van der Waals surface area contributed by atoms with Crippen LogP contribution in [0, 0.1) is 0 Å². The standard InChI is InChI=1S/C12H15NO3/c1-2-7-4-3-5-8-9(12(15)16)6-10(14)13-11(7)8/h6-7H,2-5H2,1H3,(H,13,14)(H,15,16). The Morgan fingerprint density at radius 2 is 2.38 bits per heavy atom. The van der Waals surface area contributed by atoms with Gasteiger partial charge >= 0.3 is 5.97 Å². The predicted octanol–water partition coefficient (Wildman–Crippen LogP) is 1.90. The second kappa shape index (κ2) is 4.12. The van der Waals surface area contributed by atoms with Gasteiger partial charge in [0.1, 0.15) is 0 Å². The highest BCUT2D eigenvalue weighted by molar-refractivity contribution is 5.89. The molecule has 0 fully saturated rings. The topological polar surface area (TPSA) is 70.2 Å². The number of pyridine rings is 1. The number of aromatic amines is 1. The highest BCUT2D eigenvalue weighted by atomic mass is 16.4. The molecule has 1 aromatic heterocycles. The number of aromatic carboxylic acids is 1. The molecule has 86 valence electrons. The van der Waals surface area contributed by atoms with E-state index < -0.39 is 5.97 Å². The Kier molecular flexibility index (Phi) is 2.81. The van der Waals surface area contributed by atoms with E-state index in [1.54, 1.807) is 0 Å². The SMILES string of the molecule is CCC1CCCc2c(C(=O)O)cc(=O)[nH]c21. The third-order valence-electron chi connectivity index (χ3n) is 3.29. The van der Waals surface area contributed by atoms with Crippen LogP contribution >= 0.6 is 0 Å². The summed E-state index contributed by atoms with van der Waals surface area (Å²) >= 11 is 0. The molecule has 0 saturated heterocycles. The fraction of sp³-hybridized carbons (Fsp3) is 0.500. The van der Waals surface area contributed by atoms with Gasteiger partial charge in [-0.1, -0.05) is 6.92 Å². The Hall–Kier alpha value is -1.58. The van der Waals surface area contributed by atoms with Crippen LogP contribution in [0.25, 0.3) is 0 Å². The molecule has 1 aliphatic carbocycles. The third kappa shape index (κ3) is 1.75. The fourth-order valence-corrected chi connectivity index (χ4v) is 2.49. The van der Waals surface area contributed by atoms with Gasteiger partial charge in [-0.25, -0.2) is 4.79 Å². The summed E-state index contributed by atoms with van der Waals surface area (Å²) in [7, 11) is 0. The molecule has 16 heavy (non-hydrogen) atoms. The van der Waals surface area contributed by atoms with Crippen LogP contribution in [-0.2, 0) is 6.42 Å². The summed E-state index contributed by atoms with van der Waals surface area (Å²) in [6.07, 6.45) is 3.72. The number of rotatable bonds is 2. The average Bonchev–Trinajstić information content (AvgIpc) is 2.27. The van der Waals surface area contributed by atoms with Crippen molar-refractivity contribution in [3.63, 3.8) is 0 Å². The zero-order valence-electron chi connectivity index (χ0n) is 9.25.